The van der Waals surface area contributed by atoms with Crippen LogP contribution in [0.4, 0.5) is 4.79 Å². The number of ether oxygens (including phenoxy) is 4. The van der Waals surface area contributed by atoms with Crippen LogP contribution in [0.5, 0.6) is 5.75 Å². The molecule has 1 N–H and O–H groups in total. The summed E-state index contributed by atoms with van der Waals surface area (Å²) in [4.78, 5) is 38.6. The second-order valence-corrected chi connectivity index (χ2v) is 8.66. The summed E-state index contributed by atoms with van der Waals surface area (Å²) in [5.74, 6) is 0.105. The molecule has 0 spiro atoms. The van der Waals surface area contributed by atoms with Crippen LogP contribution in [-0.4, -0.2) is 74.5 Å². The van der Waals surface area contributed by atoms with Gasteiger partial charge in [-0.25, -0.2) is 9.59 Å². The number of esters is 1. The second kappa shape index (κ2) is 11.7. The Balaban J connectivity index is 2.02. The monoisotopic (exact) mass is 450 g/mol. The first-order valence-electron chi connectivity index (χ1n) is 10.7. The van der Waals surface area contributed by atoms with Crippen molar-refractivity contribution in [3.05, 3.63) is 29.8 Å². The smallest absolute Gasteiger partial charge is 0.408 e. The molecule has 0 aliphatic carbocycles. The van der Waals surface area contributed by atoms with Gasteiger partial charge >= 0.3 is 12.1 Å². The van der Waals surface area contributed by atoms with Crippen LogP contribution >= 0.6 is 0 Å². The number of alkyl carbamates (subject to hydrolysis) is 1. The number of carbonyl (C=O) groups is 3. The quantitative estimate of drug-likeness (QED) is 0.606. The normalized spacial score (nSPS) is 15.6. The summed E-state index contributed by atoms with van der Waals surface area (Å²) in [5, 5.41) is 2.73. The standard InChI is InChI=1S/C23H34N2O7/c1-23(2,3)32-22(28)24-19(14-16-6-8-17(29-4)9-7-16)21(27)25-12-10-18(11-13-25)31-15-20(26)30-5/h6-9,18-19H,10-15H2,1-5H3,(H,24,28)/t19-/m0/s1. The van der Waals surface area contributed by atoms with Crippen LogP contribution in [0.2, 0.25) is 0 Å². The van der Waals surface area contributed by atoms with Crippen LogP contribution in [0.3, 0.4) is 0 Å². The minimum absolute atomic E-state index is 0.102. The average molecular weight is 451 g/mol. The molecule has 1 aliphatic heterocycles. The Hall–Kier alpha value is -2.81. The molecule has 1 aromatic rings. The summed E-state index contributed by atoms with van der Waals surface area (Å²) < 4.78 is 20.7. The molecule has 2 amide bonds. The predicted molar refractivity (Wildman–Crippen MR) is 117 cm³/mol. The van der Waals surface area contributed by atoms with Crippen molar-refractivity contribution < 1.29 is 33.3 Å². The molecule has 1 saturated heterocycles. The third kappa shape index (κ3) is 8.37. The maximum atomic E-state index is 13.3. The van der Waals surface area contributed by atoms with Crippen molar-refractivity contribution in [1.29, 1.82) is 0 Å². The molecule has 9 nitrogen and oxygen atoms in total. The zero-order valence-electron chi connectivity index (χ0n) is 19.5. The Morgan fingerprint density at radius 1 is 1.09 bits per heavy atom. The van der Waals surface area contributed by atoms with Crippen molar-refractivity contribution in [1.82, 2.24) is 10.2 Å². The highest BCUT2D eigenvalue weighted by Gasteiger charge is 2.31. The lowest BCUT2D eigenvalue weighted by molar-refractivity contribution is -0.150. The van der Waals surface area contributed by atoms with Gasteiger partial charge in [-0.1, -0.05) is 12.1 Å². The van der Waals surface area contributed by atoms with Crippen LogP contribution < -0.4 is 10.1 Å². The first-order chi connectivity index (χ1) is 15.1. The summed E-state index contributed by atoms with van der Waals surface area (Å²) in [6, 6.07) is 6.58. The van der Waals surface area contributed by atoms with Gasteiger partial charge in [-0.05, 0) is 51.3 Å². The molecule has 0 radical (unpaired) electrons. The minimum Gasteiger partial charge on any atom is -0.497 e. The number of rotatable bonds is 8. The summed E-state index contributed by atoms with van der Waals surface area (Å²) in [6.07, 6.45) is 0.771. The number of hydrogen-bond acceptors (Lipinski definition) is 7. The molecule has 0 saturated carbocycles. The van der Waals surface area contributed by atoms with E-state index in [9.17, 15) is 14.4 Å². The molecule has 0 bridgehead atoms. The van der Waals surface area contributed by atoms with Crippen molar-refractivity contribution in [3.63, 3.8) is 0 Å². The predicted octanol–water partition coefficient (Wildman–Crippen LogP) is 2.31. The van der Waals surface area contributed by atoms with Crippen LogP contribution in [0, 0.1) is 0 Å². The van der Waals surface area contributed by atoms with Crippen LogP contribution in [0.25, 0.3) is 0 Å². The van der Waals surface area contributed by atoms with Gasteiger partial charge in [0.1, 0.15) is 24.0 Å². The largest absolute Gasteiger partial charge is 0.497 e. The van der Waals surface area contributed by atoms with Gasteiger partial charge in [0, 0.05) is 19.5 Å². The molecule has 2 rings (SSSR count). The first-order valence-corrected chi connectivity index (χ1v) is 10.7. The molecule has 1 aliphatic rings. The third-order valence-corrected chi connectivity index (χ3v) is 5.01. The number of amides is 2. The zero-order valence-corrected chi connectivity index (χ0v) is 19.5. The SMILES string of the molecule is COC(=O)COC1CCN(C(=O)[C@H](Cc2ccc(OC)cc2)NC(=O)OC(C)(C)C)CC1. The number of piperidine rings is 1. The Morgan fingerprint density at radius 2 is 1.72 bits per heavy atom. The van der Waals surface area contributed by atoms with Crippen molar-refractivity contribution >= 4 is 18.0 Å². The molecule has 0 unspecified atom stereocenters. The van der Waals surface area contributed by atoms with E-state index in [-0.39, 0.29) is 18.6 Å². The molecule has 32 heavy (non-hydrogen) atoms. The van der Waals surface area contributed by atoms with Gasteiger partial charge in [-0.2, -0.15) is 0 Å². The molecule has 1 fully saturated rings. The van der Waals surface area contributed by atoms with Crippen molar-refractivity contribution in [3.8, 4) is 5.75 Å². The molecular formula is C23H34N2O7. The molecule has 9 heteroatoms. The highest BCUT2D eigenvalue weighted by atomic mass is 16.6. The number of carbonyl (C=O) groups excluding carboxylic acids is 3. The number of nitrogens with one attached hydrogen (secondary N) is 1. The average Bonchev–Trinajstić information content (AvgIpc) is 2.76. The van der Waals surface area contributed by atoms with Gasteiger partial charge in [-0.3, -0.25) is 4.79 Å². The summed E-state index contributed by atoms with van der Waals surface area (Å²) in [5.41, 5.74) is 0.212. The van der Waals surface area contributed by atoms with E-state index in [1.165, 1.54) is 7.11 Å². The number of likely N-dealkylation sites (tertiary alicyclic amines) is 1. The van der Waals surface area contributed by atoms with Gasteiger partial charge in [0.2, 0.25) is 5.91 Å². The second-order valence-electron chi connectivity index (χ2n) is 8.66. The highest BCUT2D eigenvalue weighted by Crippen LogP contribution is 2.18. The van der Waals surface area contributed by atoms with Crippen LogP contribution in [0.15, 0.2) is 24.3 Å². The number of hydrogen-bond donors (Lipinski definition) is 1. The Morgan fingerprint density at radius 3 is 2.25 bits per heavy atom. The first kappa shape index (κ1) is 25.5. The minimum atomic E-state index is -0.772. The lowest BCUT2D eigenvalue weighted by Gasteiger charge is -2.34. The fourth-order valence-electron chi connectivity index (χ4n) is 3.36. The maximum absolute atomic E-state index is 13.3. The van der Waals surface area contributed by atoms with E-state index in [4.69, 9.17) is 14.2 Å². The van der Waals surface area contributed by atoms with Crippen molar-refractivity contribution in [2.24, 2.45) is 0 Å². The van der Waals surface area contributed by atoms with E-state index >= 15 is 0 Å². The van der Waals surface area contributed by atoms with Gasteiger partial charge < -0.3 is 29.2 Å². The van der Waals surface area contributed by atoms with E-state index in [2.05, 4.69) is 10.1 Å². The molecule has 1 heterocycles. The maximum Gasteiger partial charge on any atom is 0.408 e. The summed E-state index contributed by atoms with van der Waals surface area (Å²) in [6.45, 7) is 6.15. The van der Waals surface area contributed by atoms with Gasteiger partial charge in [0.15, 0.2) is 0 Å². The molecule has 1 aromatic carbocycles. The lowest BCUT2D eigenvalue weighted by atomic mass is 10.0. The van der Waals surface area contributed by atoms with E-state index in [1.54, 1.807) is 32.8 Å². The molecule has 0 aromatic heterocycles. The van der Waals surface area contributed by atoms with Crippen LogP contribution in [0.1, 0.15) is 39.2 Å². The fraction of sp³-hybridized carbons (Fsp3) is 0.609. The Kier molecular flexibility index (Phi) is 9.31. The highest BCUT2D eigenvalue weighted by molar-refractivity contribution is 5.86. The van der Waals surface area contributed by atoms with E-state index in [1.807, 2.05) is 24.3 Å². The van der Waals surface area contributed by atoms with Gasteiger partial charge in [0.25, 0.3) is 0 Å². The molecule has 1 atom stereocenters. The van der Waals surface area contributed by atoms with E-state index in [0.717, 1.165) is 5.56 Å². The van der Waals surface area contributed by atoms with E-state index in [0.29, 0.717) is 38.1 Å². The third-order valence-electron chi connectivity index (χ3n) is 5.01. The van der Waals surface area contributed by atoms with Gasteiger partial charge in [0.05, 0.1) is 20.3 Å². The summed E-state index contributed by atoms with van der Waals surface area (Å²) >= 11 is 0. The van der Waals surface area contributed by atoms with E-state index < -0.39 is 23.7 Å². The van der Waals surface area contributed by atoms with Gasteiger partial charge in [-0.15, -0.1) is 0 Å². The summed E-state index contributed by atoms with van der Waals surface area (Å²) in [7, 11) is 2.90. The topological polar surface area (TPSA) is 103 Å². The van der Waals surface area contributed by atoms with Crippen molar-refractivity contribution in [2.45, 2.75) is 57.8 Å². The lowest BCUT2D eigenvalue weighted by Crippen LogP contribution is -2.53. The number of nitrogens with zero attached hydrogens (tertiary/aromatic N) is 1. The molecule has 178 valence electrons. The zero-order chi connectivity index (χ0) is 23.7. The Labute approximate surface area is 189 Å². The molecular weight excluding hydrogens is 416 g/mol. The fourth-order valence-corrected chi connectivity index (χ4v) is 3.36. The van der Waals surface area contributed by atoms with Crippen LogP contribution in [-0.2, 0) is 30.2 Å². The number of methoxy groups -OCH3 is 2. The van der Waals surface area contributed by atoms with Crippen molar-refractivity contribution in [2.75, 3.05) is 33.9 Å². The number of benzene rings is 1. The Bertz CT molecular complexity index is 766.